The fourth-order valence-corrected chi connectivity index (χ4v) is 0.962. The van der Waals surface area contributed by atoms with Crippen LogP contribution in [-0.2, 0) is 0 Å². The van der Waals surface area contributed by atoms with E-state index in [0.29, 0.717) is 8.16 Å². The molecule has 3 heteroatoms. The molecule has 0 saturated carbocycles. The highest BCUT2D eigenvalue weighted by atomic mass is 35.7. The summed E-state index contributed by atoms with van der Waals surface area (Å²) in [5.41, 5.74) is 0. The number of halogens is 1. The fourth-order valence-electron chi connectivity index (χ4n) is 0.521. The third-order valence-corrected chi connectivity index (χ3v) is 1.37. The zero-order valence-corrected chi connectivity index (χ0v) is 6.27. The summed E-state index contributed by atoms with van der Waals surface area (Å²) in [6.07, 6.45) is 0. The van der Waals surface area contributed by atoms with Gasteiger partial charge in [-0.05, 0) is 23.4 Å². The van der Waals surface area contributed by atoms with Crippen LogP contribution < -0.4 is 4.52 Å². The van der Waals surface area contributed by atoms with Crippen molar-refractivity contribution >= 4 is 19.4 Å². The van der Waals surface area contributed by atoms with Crippen molar-refractivity contribution in [1.82, 2.24) is 0 Å². The summed E-state index contributed by atoms with van der Waals surface area (Å²) in [7, 11) is 0.417. The quantitative estimate of drug-likeness (QED) is 0.603. The first-order valence-corrected chi connectivity index (χ1v) is 4.18. The zero-order valence-electron chi connectivity index (χ0n) is 4.62. The summed E-state index contributed by atoms with van der Waals surface area (Å²) in [4.78, 5) is 0. The Morgan fingerprint density at radius 2 is 1.89 bits per heavy atom. The maximum atomic E-state index is 5.29. The first-order valence-electron chi connectivity index (χ1n) is 2.47. The van der Waals surface area contributed by atoms with E-state index in [-0.39, 0.29) is 0 Å². The second kappa shape index (κ2) is 3.71. The van der Waals surface area contributed by atoms with Gasteiger partial charge in [0, 0.05) is 0 Å². The van der Waals surface area contributed by atoms with Crippen molar-refractivity contribution in [3.05, 3.63) is 30.3 Å². The van der Waals surface area contributed by atoms with Crippen LogP contribution in [0, 0.1) is 0 Å². The SMILES string of the molecule is Cl[P]Oc1ccccc1. The average molecular weight is 160 g/mol. The highest BCUT2D eigenvalue weighted by Crippen LogP contribution is 2.22. The van der Waals surface area contributed by atoms with Crippen LogP contribution in [0.5, 0.6) is 5.75 Å². The molecule has 0 fully saturated rings. The summed E-state index contributed by atoms with van der Waals surface area (Å²) in [5, 5.41) is 0. The first-order chi connectivity index (χ1) is 4.43. The van der Waals surface area contributed by atoms with E-state index < -0.39 is 0 Å². The lowest BCUT2D eigenvalue weighted by Gasteiger charge is -1.95. The van der Waals surface area contributed by atoms with E-state index in [1.807, 2.05) is 30.3 Å². The molecule has 0 unspecified atom stereocenters. The number of para-hydroxylation sites is 1. The molecule has 0 N–H and O–H groups in total. The molecule has 9 heavy (non-hydrogen) atoms. The van der Waals surface area contributed by atoms with E-state index in [2.05, 4.69) is 0 Å². The molecule has 1 aromatic carbocycles. The molecule has 0 aliphatic rings. The van der Waals surface area contributed by atoms with Crippen LogP contribution in [0.4, 0.5) is 0 Å². The molecule has 0 aromatic heterocycles. The van der Waals surface area contributed by atoms with Crippen LogP contribution >= 0.6 is 19.4 Å². The molecule has 1 rings (SSSR count). The van der Waals surface area contributed by atoms with Crippen molar-refractivity contribution in [1.29, 1.82) is 0 Å². The second-order valence-corrected chi connectivity index (χ2v) is 2.21. The molecule has 1 aromatic rings. The van der Waals surface area contributed by atoms with Crippen molar-refractivity contribution in [2.24, 2.45) is 0 Å². The Bertz CT molecular complexity index is 166. The van der Waals surface area contributed by atoms with Gasteiger partial charge >= 0.3 is 0 Å². The van der Waals surface area contributed by atoms with Gasteiger partial charge in [0.25, 0.3) is 8.16 Å². The molecule has 47 valence electrons. The van der Waals surface area contributed by atoms with Gasteiger partial charge < -0.3 is 4.52 Å². The summed E-state index contributed by atoms with van der Waals surface area (Å²) < 4.78 is 4.94. The Kier molecular flexibility index (Phi) is 2.82. The molecule has 1 radical (unpaired) electrons. The van der Waals surface area contributed by atoms with Crippen LogP contribution in [0.1, 0.15) is 0 Å². The summed E-state index contributed by atoms with van der Waals surface area (Å²) in [6.45, 7) is 0. The number of hydrogen-bond donors (Lipinski definition) is 0. The van der Waals surface area contributed by atoms with Crippen LogP contribution in [0.25, 0.3) is 0 Å². The molecule has 0 bridgehead atoms. The van der Waals surface area contributed by atoms with E-state index in [9.17, 15) is 0 Å². The van der Waals surface area contributed by atoms with Crippen LogP contribution in [0.2, 0.25) is 0 Å². The molecule has 0 atom stereocenters. The Hall–Kier alpha value is -0.260. The minimum Gasteiger partial charge on any atom is -0.450 e. The van der Waals surface area contributed by atoms with Crippen molar-refractivity contribution in [2.75, 3.05) is 0 Å². The molecular weight excluding hydrogens is 154 g/mol. The third-order valence-electron chi connectivity index (χ3n) is 0.883. The monoisotopic (exact) mass is 159 g/mol. The minimum atomic E-state index is 0.417. The summed E-state index contributed by atoms with van der Waals surface area (Å²) >= 11 is 5.29. The lowest BCUT2D eigenvalue weighted by atomic mass is 10.3. The Morgan fingerprint density at radius 1 is 1.22 bits per heavy atom. The maximum Gasteiger partial charge on any atom is 0.264 e. The normalized spacial score (nSPS) is 10.3. The largest absolute Gasteiger partial charge is 0.450 e. The van der Waals surface area contributed by atoms with E-state index in [1.54, 1.807) is 0 Å². The van der Waals surface area contributed by atoms with Crippen LogP contribution in [-0.4, -0.2) is 0 Å². The topological polar surface area (TPSA) is 9.23 Å². The fraction of sp³-hybridized carbons (Fsp3) is 0. The first kappa shape index (κ1) is 6.85. The van der Waals surface area contributed by atoms with Gasteiger partial charge in [0.1, 0.15) is 5.75 Å². The van der Waals surface area contributed by atoms with Crippen molar-refractivity contribution in [3.63, 3.8) is 0 Å². The molecule has 0 aliphatic carbocycles. The van der Waals surface area contributed by atoms with Crippen LogP contribution in [0.3, 0.4) is 0 Å². The number of rotatable bonds is 2. The Balaban J connectivity index is 2.61. The van der Waals surface area contributed by atoms with Gasteiger partial charge in [0.2, 0.25) is 0 Å². The molecule has 0 saturated heterocycles. The van der Waals surface area contributed by atoms with Gasteiger partial charge in [0.05, 0.1) is 0 Å². The van der Waals surface area contributed by atoms with Crippen molar-refractivity contribution in [3.8, 4) is 5.75 Å². The highest BCUT2D eigenvalue weighted by molar-refractivity contribution is 7.64. The summed E-state index contributed by atoms with van der Waals surface area (Å²) in [5.74, 6) is 0.800. The Labute approximate surface area is 60.6 Å². The zero-order chi connectivity index (χ0) is 6.53. The summed E-state index contributed by atoms with van der Waals surface area (Å²) in [6, 6.07) is 9.44. The van der Waals surface area contributed by atoms with Crippen molar-refractivity contribution in [2.45, 2.75) is 0 Å². The van der Waals surface area contributed by atoms with Gasteiger partial charge in [-0.3, -0.25) is 0 Å². The lowest BCUT2D eigenvalue weighted by molar-refractivity contribution is 0.642. The number of benzene rings is 1. The van der Waals surface area contributed by atoms with Gasteiger partial charge in [-0.1, -0.05) is 18.2 Å². The average Bonchev–Trinajstić information content (AvgIpc) is 1.91. The third kappa shape index (κ3) is 2.21. The number of hydrogen-bond acceptors (Lipinski definition) is 1. The molecule has 0 amide bonds. The molecule has 0 aliphatic heterocycles. The highest BCUT2D eigenvalue weighted by Gasteiger charge is 1.86. The van der Waals surface area contributed by atoms with E-state index in [0.717, 1.165) is 5.75 Å². The predicted molar refractivity (Wildman–Crippen MR) is 39.8 cm³/mol. The van der Waals surface area contributed by atoms with Gasteiger partial charge in [-0.25, -0.2) is 0 Å². The second-order valence-electron chi connectivity index (χ2n) is 1.47. The van der Waals surface area contributed by atoms with Gasteiger partial charge in [-0.2, -0.15) is 0 Å². The van der Waals surface area contributed by atoms with Crippen molar-refractivity contribution < 1.29 is 4.52 Å². The van der Waals surface area contributed by atoms with Crippen LogP contribution in [0.15, 0.2) is 30.3 Å². The molecule has 0 heterocycles. The smallest absolute Gasteiger partial charge is 0.264 e. The Morgan fingerprint density at radius 3 is 2.44 bits per heavy atom. The molecule has 0 spiro atoms. The van der Waals surface area contributed by atoms with E-state index >= 15 is 0 Å². The maximum absolute atomic E-state index is 5.29. The minimum absolute atomic E-state index is 0.417. The van der Waals surface area contributed by atoms with E-state index in [4.69, 9.17) is 15.8 Å². The van der Waals surface area contributed by atoms with Gasteiger partial charge in [0.15, 0.2) is 0 Å². The van der Waals surface area contributed by atoms with Gasteiger partial charge in [-0.15, -0.1) is 0 Å². The van der Waals surface area contributed by atoms with E-state index in [1.165, 1.54) is 0 Å². The molecule has 1 nitrogen and oxygen atoms in total. The lowest BCUT2D eigenvalue weighted by Crippen LogP contribution is -1.71. The molecular formula is C6H5ClOP. The predicted octanol–water partition coefficient (Wildman–Crippen LogP) is 3.08. The standard InChI is InChI=1S/C6H5ClOP/c7-9-8-6-4-2-1-3-5-6/h1-5H.